The second-order valence-electron chi connectivity index (χ2n) is 9.58. The molecule has 0 spiro atoms. The molecule has 1 N–H and O–H groups in total. The van der Waals surface area contributed by atoms with E-state index in [1.165, 1.54) is 0 Å². The summed E-state index contributed by atoms with van der Waals surface area (Å²) >= 11 is 0. The van der Waals surface area contributed by atoms with Crippen LogP contribution in [0.25, 0.3) is 10.9 Å². The van der Waals surface area contributed by atoms with Crippen molar-refractivity contribution in [3.63, 3.8) is 0 Å². The van der Waals surface area contributed by atoms with E-state index in [1.807, 2.05) is 52.2 Å². The zero-order valence-electron chi connectivity index (χ0n) is 19.5. The predicted octanol–water partition coefficient (Wildman–Crippen LogP) is 4.53. The van der Waals surface area contributed by atoms with E-state index >= 15 is 0 Å². The average molecular weight is 470 g/mol. The average Bonchev–Trinajstić information content (AvgIpc) is 3.45. The Labute approximate surface area is 202 Å². The summed E-state index contributed by atoms with van der Waals surface area (Å²) in [6.07, 6.45) is 6.41. The summed E-state index contributed by atoms with van der Waals surface area (Å²) in [6, 6.07) is 16.4. The Hall–Kier alpha value is -3.94. The van der Waals surface area contributed by atoms with Crippen molar-refractivity contribution in [2.45, 2.75) is 57.2 Å². The zero-order valence-corrected chi connectivity index (χ0v) is 19.5. The summed E-state index contributed by atoms with van der Waals surface area (Å²) < 4.78 is 2.97. The highest BCUT2D eigenvalue weighted by Crippen LogP contribution is 2.36. The normalized spacial score (nSPS) is 18.3. The van der Waals surface area contributed by atoms with Crippen LogP contribution in [0.4, 0.5) is 4.79 Å². The minimum atomic E-state index is -1.08. The Balaban J connectivity index is 1.32. The van der Waals surface area contributed by atoms with Gasteiger partial charge in [-0.05, 0) is 62.3 Å². The van der Waals surface area contributed by atoms with Crippen molar-refractivity contribution in [2.24, 2.45) is 0 Å². The van der Waals surface area contributed by atoms with Crippen LogP contribution in [-0.2, 0) is 12.8 Å². The molecule has 35 heavy (non-hydrogen) atoms. The summed E-state index contributed by atoms with van der Waals surface area (Å²) in [5, 5.41) is 19.0. The molecule has 0 bridgehead atoms. The lowest BCUT2D eigenvalue weighted by molar-refractivity contribution is 0.0645. The number of carbonyl (C=O) groups is 2. The molecule has 2 atom stereocenters. The Morgan fingerprint density at radius 3 is 2.60 bits per heavy atom. The van der Waals surface area contributed by atoms with E-state index < -0.39 is 6.09 Å². The number of nitrogens with zero attached hydrogens (tertiary/aromatic N) is 5. The van der Waals surface area contributed by atoms with Crippen molar-refractivity contribution < 1.29 is 14.7 Å². The smallest absolute Gasteiger partial charge is 0.432 e. The predicted molar refractivity (Wildman–Crippen MR) is 131 cm³/mol. The lowest BCUT2D eigenvalue weighted by Crippen LogP contribution is -2.44. The van der Waals surface area contributed by atoms with Crippen molar-refractivity contribution in [3.8, 4) is 0 Å². The molecular weight excluding hydrogens is 442 g/mol. The van der Waals surface area contributed by atoms with E-state index in [0.717, 1.165) is 51.7 Å². The van der Waals surface area contributed by atoms with Gasteiger partial charge < -0.3 is 10.0 Å². The Kier molecular flexibility index (Phi) is 5.16. The van der Waals surface area contributed by atoms with Gasteiger partial charge in [-0.2, -0.15) is 14.9 Å². The van der Waals surface area contributed by atoms with E-state index in [4.69, 9.17) is 0 Å². The summed E-state index contributed by atoms with van der Waals surface area (Å²) in [6.45, 7) is 2.11. The first-order chi connectivity index (χ1) is 17.0. The fourth-order valence-electron chi connectivity index (χ4n) is 5.38. The van der Waals surface area contributed by atoms with Crippen molar-refractivity contribution >= 4 is 22.9 Å². The van der Waals surface area contributed by atoms with Crippen molar-refractivity contribution in [2.75, 3.05) is 0 Å². The van der Waals surface area contributed by atoms with Crippen LogP contribution in [0, 0.1) is 0 Å². The van der Waals surface area contributed by atoms with Crippen LogP contribution in [0.2, 0.25) is 0 Å². The van der Waals surface area contributed by atoms with Gasteiger partial charge in [0.2, 0.25) is 0 Å². The number of carboxylic acid groups (broad SMARTS) is 1. The number of benzene rings is 2. The molecule has 2 aromatic carbocycles. The fourth-order valence-corrected chi connectivity index (χ4v) is 5.38. The van der Waals surface area contributed by atoms with E-state index in [-0.39, 0.29) is 24.0 Å². The third-order valence-corrected chi connectivity index (χ3v) is 7.33. The molecule has 2 aromatic heterocycles. The van der Waals surface area contributed by atoms with Crippen molar-refractivity contribution in [1.29, 1.82) is 0 Å². The molecule has 6 rings (SSSR count). The number of amides is 1. The van der Waals surface area contributed by atoms with E-state index in [9.17, 15) is 14.7 Å². The lowest BCUT2D eigenvalue weighted by Gasteiger charge is -2.34. The Morgan fingerprint density at radius 2 is 1.86 bits per heavy atom. The second kappa shape index (κ2) is 8.37. The van der Waals surface area contributed by atoms with Crippen LogP contribution in [0.5, 0.6) is 0 Å². The zero-order chi connectivity index (χ0) is 24.1. The number of rotatable bonds is 5. The number of hydrogen-bond acceptors (Lipinski definition) is 4. The maximum atomic E-state index is 14.0. The highest BCUT2D eigenvalue weighted by atomic mass is 16.4. The fraction of sp³-hybridized carbons (Fsp3) is 0.333. The molecule has 2 unspecified atom stereocenters. The molecule has 1 amide bonds. The minimum absolute atomic E-state index is 0.0301. The molecule has 2 heterocycles. The number of carbonyl (C=O) groups excluding carboxylic acids is 1. The number of fused-ring (bicyclic) bond motifs is 2. The maximum absolute atomic E-state index is 14.0. The van der Waals surface area contributed by atoms with Crippen LogP contribution < -0.4 is 0 Å². The highest BCUT2D eigenvalue weighted by molar-refractivity contribution is 6.06. The topological polar surface area (TPSA) is 93.3 Å². The quantitative estimate of drug-likeness (QED) is 0.464. The molecule has 178 valence electrons. The molecule has 2 aliphatic carbocycles. The van der Waals surface area contributed by atoms with Crippen LogP contribution in [0.15, 0.2) is 60.9 Å². The molecule has 0 radical (unpaired) electrons. The molecule has 0 aliphatic heterocycles. The first-order valence-corrected chi connectivity index (χ1v) is 12.2. The van der Waals surface area contributed by atoms with Gasteiger partial charge in [-0.25, -0.2) is 4.79 Å². The van der Waals surface area contributed by atoms with Gasteiger partial charge in [-0.1, -0.05) is 36.4 Å². The highest BCUT2D eigenvalue weighted by Gasteiger charge is 2.40. The number of aromatic nitrogens is 4. The van der Waals surface area contributed by atoms with Gasteiger partial charge in [0.1, 0.15) is 0 Å². The first kappa shape index (κ1) is 21.6. The third-order valence-electron chi connectivity index (χ3n) is 7.33. The van der Waals surface area contributed by atoms with E-state index in [2.05, 4.69) is 29.3 Å². The van der Waals surface area contributed by atoms with Gasteiger partial charge in [0.05, 0.1) is 29.0 Å². The molecule has 4 aromatic rings. The third kappa shape index (κ3) is 3.79. The molecule has 1 saturated carbocycles. The van der Waals surface area contributed by atoms with E-state index in [0.29, 0.717) is 18.4 Å². The monoisotopic (exact) mass is 469 g/mol. The van der Waals surface area contributed by atoms with Crippen LogP contribution in [0.1, 0.15) is 59.4 Å². The van der Waals surface area contributed by atoms with Crippen molar-refractivity contribution in [3.05, 3.63) is 83.3 Å². The SMILES string of the molecule is CC(c1ccccc1)n1ncc2c(C(=O)N(C3CC3)C3CCc4nn(C(=O)O)cc4C3)cccc21. The van der Waals surface area contributed by atoms with Gasteiger partial charge in [-0.15, -0.1) is 0 Å². The largest absolute Gasteiger partial charge is 0.463 e. The maximum Gasteiger partial charge on any atom is 0.432 e. The van der Waals surface area contributed by atoms with Gasteiger partial charge >= 0.3 is 6.09 Å². The van der Waals surface area contributed by atoms with Gasteiger partial charge in [0.25, 0.3) is 5.91 Å². The summed E-state index contributed by atoms with van der Waals surface area (Å²) in [5.41, 5.74) is 4.52. The van der Waals surface area contributed by atoms with Crippen LogP contribution in [0.3, 0.4) is 0 Å². The Bertz CT molecular complexity index is 1420. The molecule has 1 fully saturated rings. The minimum Gasteiger partial charge on any atom is -0.463 e. The summed E-state index contributed by atoms with van der Waals surface area (Å²) in [7, 11) is 0. The Morgan fingerprint density at radius 1 is 1.06 bits per heavy atom. The summed E-state index contributed by atoms with van der Waals surface area (Å²) in [4.78, 5) is 27.4. The van der Waals surface area contributed by atoms with Gasteiger partial charge in [-0.3, -0.25) is 9.48 Å². The molecule has 0 saturated heterocycles. The number of aryl methyl sites for hydroxylation is 1. The molecule has 8 heteroatoms. The molecular formula is C27H27N5O3. The van der Waals surface area contributed by atoms with Crippen LogP contribution in [-0.4, -0.2) is 53.7 Å². The first-order valence-electron chi connectivity index (χ1n) is 12.2. The second-order valence-corrected chi connectivity index (χ2v) is 9.58. The van der Waals surface area contributed by atoms with Crippen LogP contribution >= 0.6 is 0 Å². The molecule has 2 aliphatic rings. The lowest BCUT2D eigenvalue weighted by atomic mass is 9.91. The van der Waals surface area contributed by atoms with E-state index in [1.54, 1.807) is 6.20 Å². The summed E-state index contributed by atoms with van der Waals surface area (Å²) in [5.74, 6) is 0.0316. The molecule has 8 nitrogen and oxygen atoms in total. The van der Waals surface area contributed by atoms with Gasteiger partial charge in [0, 0.05) is 23.7 Å². The van der Waals surface area contributed by atoms with Gasteiger partial charge in [0.15, 0.2) is 0 Å². The van der Waals surface area contributed by atoms with Crippen molar-refractivity contribution in [1.82, 2.24) is 24.5 Å². The standard InChI is InChI=1S/C27H27N5O3/c1-17(18-6-3-2-4-7-18)32-25-9-5-8-22(23(25)15-28-32)26(33)31(20-10-11-20)21-12-13-24-19(14-21)16-30(29-24)27(34)35/h2-9,15-17,20-21H,10-14H2,1H3,(H,34,35). The number of hydrogen-bond donors (Lipinski definition) is 1.